The molecule has 1 unspecified atom stereocenters. The zero-order valence-corrected chi connectivity index (χ0v) is 19.4. The molecule has 0 heterocycles. The van der Waals surface area contributed by atoms with Crippen LogP contribution >= 0.6 is 11.8 Å². The normalized spacial score (nSPS) is 18.1. The molecule has 1 aliphatic rings. The molecule has 2 nitrogen and oxygen atoms in total. The fourth-order valence-electron chi connectivity index (χ4n) is 2.59. The van der Waals surface area contributed by atoms with Crippen LogP contribution in [0.2, 0.25) is 18.1 Å². The first-order chi connectivity index (χ1) is 12.9. The summed E-state index contributed by atoms with van der Waals surface area (Å²) in [7, 11) is -2.02. The molecule has 2 rings (SSSR count). The predicted molar refractivity (Wildman–Crippen MR) is 115 cm³/mol. The smallest absolute Gasteiger partial charge is 0.407 e. The Morgan fingerprint density at radius 3 is 2.25 bits per heavy atom. The number of benzene rings is 1. The first kappa shape index (κ1) is 23.8. The second-order valence-corrected chi connectivity index (χ2v) is 15.2. The lowest BCUT2D eigenvalue weighted by molar-refractivity contribution is -0.159. The van der Waals surface area contributed by atoms with Gasteiger partial charge in [-0.1, -0.05) is 51.1 Å². The molecule has 28 heavy (non-hydrogen) atoms. The molecule has 0 aliphatic heterocycles. The van der Waals surface area contributed by atoms with Crippen molar-refractivity contribution in [1.29, 1.82) is 0 Å². The molecule has 0 spiro atoms. The third kappa shape index (κ3) is 7.39. The lowest BCUT2D eigenvalue weighted by Gasteiger charge is -2.38. The van der Waals surface area contributed by atoms with Crippen LogP contribution in [-0.4, -0.2) is 38.6 Å². The number of hydrogen-bond donors (Lipinski definition) is 1. The molecule has 0 amide bonds. The van der Waals surface area contributed by atoms with E-state index in [1.54, 1.807) is 30.0 Å². The third-order valence-corrected chi connectivity index (χ3v) is 11.5. The Labute approximate surface area is 173 Å². The summed E-state index contributed by atoms with van der Waals surface area (Å²) in [4.78, 5) is 0. The van der Waals surface area contributed by atoms with Crippen molar-refractivity contribution in [3.63, 3.8) is 0 Å². The molecule has 160 valence electrons. The van der Waals surface area contributed by atoms with E-state index < -0.39 is 20.5 Å². The zero-order valence-electron chi connectivity index (χ0n) is 17.6. The number of nitrogens with one attached hydrogen (secondary N) is 1. The van der Waals surface area contributed by atoms with Gasteiger partial charge < -0.3 is 4.43 Å². The van der Waals surface area contributed by atoms with Gasteiger partial charge in [-0.2, -0.15) is 24.9 Å². The van der Waals surface area contributed by atoms with Gasteiger partial charge >= 0.3 is 6.18 Å². The molecule has 1 aromatic carbocycles. The highest BCUT2D eigenvalue weighted by Gasteiger charge is 2.43. The first-order valence-corrected chi connectivity index (χ1v) is 14.1. The van der Waals surface area contributed by atoms with E-state index in [2.05, 4.69) is 39.2 Å². The van der Waals surface area contributed by atoms with E-state index in [0.29, 0.717) is 12.4 Å². The van der Waals surface area contributed by atoms with E-state index in [1.165, 1.54) is 25.0 Å². The Morgan fingerprint density at radius 2 is 1.75 bits per heavy atom. The van der Waals surface area contributed by atoms with Crippen LogP contribution in [0.5, 0.6) is 0 Å². The highest BCUT2D eigenvalue weighted by Crippen LogP contribution is 2.38. The van der Waals surface area contributed by atoms with E-state index in [0.717, 1.165) is 11.7 Å². The van der Waals surface area contributed by atoms with Gasteiger partial charge in [0.25, 0.3) is 0 Å². The average molecular weight is 434 g/mol. The molecule has 0 radical (unpaired) electrons. The molecule has 2 atom stereocenters. The summed E-state index contributed by atoms with van der Waals surface area (Å²) < 4.78 is 47.6. The molecule has 1 aromatic rings. The largest absolute Gasteiger partial charge is 0.415 e. The molecule has 0 saturated heterocycles. The van der Waals surface area contributed by atoms with Crippen LogP contribution in [-0.2, 0) is 4.43 Å². The third-order valence-electron chi connectivity index (χ3n) is 5.68. The molecule has 0 bridgehead atoms. The summed E-state index contributed by atoms with van der Waals surface area (Å²) in [6.07, 6.45) is -1.85. The summed E-state index contributed by atoms with van der Waals surface area (Å²) in [6, 6.07) is 6.09. The lowest BCUT2D eigenvalue weighted by atomic mass is 10.1. The average Bonchev–Trinajstić information content (AvgIpc) is 3.39. The molecule has 0 aromatic heterocycles. The number of alkyl halides is 3. The monoisotopic (exact) mass is 433 g/mol. The molecular weight excluding hydrogens is 399 g/mol. The number of rotatable bonds is 10. The predicted octanol–water partition coefficient (Wildman–Crippen LogP) is 6.41. The minimum Gasteiger partial charge on any atom is -0.415 e. The Kier molecular flexibility index (Phi) is 8.10. The molecule has 1 fully saturated rings. The van der Waals surface area contributed by atoms with Gasteiger partial charge in [-0.25, -0.2) is 0 Å². The van der Waals surface area contributed by atoms with Crippen molar-refractivity contribution >= 4 is 20.1 Å². The van der Waals surface area contributed by atoms with Crippen molar-refractivity contribution in [3.8, 4) is 0 Å². The Morgan fingerprint density at radius 1 is 1.14 bits per heavy atom. The first-order valence-electron chi connectivity index (χ1n) is 9.99. The van der Waals surface area contributed by atoms with Crippen molar-refractivity contribution in [1.82, 2.24) is 5.32 Å². The van der Waals surface area contributed by atoms with E-state index in [9.17, 15) is 13.2 Å². The van der Waals surface area contributed by atoms with Gasteiger partial charge in [-0.3, -0.25) is 5.32 Å². The highest BCUT2D eigenvalue weighted by atomic mass is 32.2. The molecule has 1 aliphatic carbocycles. The second-order valence-electron chi connectivity index (χ2n) is 9.30. The van der Waals surface area contributed by atoms with Gasteiger partial charge in [0.15, 0.2) is 8.32 Å². The zero-order chi connectivity index (χ0) is 21.0. The van der Waals surface area contributed by atoms with Crippen LogP contribution in [0.4, 0.5) is 13.2 Å². The van der Waals surface area contributed by atoms with E-state index in [4.69, 9.17) is 4.43 Å². The lowest BCUT2D eigenvalue weighted by Crippen LogP contribution is -2.48. The minimum absolute atomic E-state index is 0.0293. The van der Waals surface area contributed by atoms with Crippen LogP contribution in [0.15, 0.2) is 30.3 Å². The maximum absolute atomic E-state index is 13.8. The van der Waals surface area contributed by atoms with Gasteiger partial charge in [-0.05, 0) is 48.2 Å². The maximum atomic E-state index is 13.8. The minimum atomic E-state index is -4.35. The molecule has 7 heteroatoms. The molecule has 1 saturated carbocycles. The standard InChI is InChI=1S/C21H34F3NOSSi/c1-20(2,3)28(4,5)26-13-18(15-27-14-16-11-12-16)25-19(21(22,23)24)17-9-7-6-8-10-17/h6-10,16,18-19,25H,11-15H2,1-5H3/t18?,19-/m1/s1. The second kappa shape index (κ2) is 9.54. The Balaban J connectivity index is 2.09. The van der Waals surface area contributed by atoms with Gasteiger partial charge in [0.05, 0.1) is 6.61 Å². The summed E-state index contributed by atoms with van der Waals surface area (Å²) >= 11 is 1.74. The summed E-state index contributed by atoms with van der Waals surface area (Å²) in [5.41, 5.74) is 0.250. The van der Waals surface area contributed by atoms with Crippen molar-refractivity contribution in [2.75, 3.05) is 18.1 Å². The Hall–Kier alpha value is -0.503. The van der Waals surface area contributed by atoms with Crippen molar-refractivity contribution in [3.05, 3.63) is 35.9 Å². The van der Waals surface area contributed by atoms with E-state index >= 15 is 0 Å². The Bertz CT molecular complexity index is 600. The highest BCUT2D eigenvalue weighted by molar-refractivity contribution is 7.99. The number of halogens is 3. The topological polar surface area (TPSA) is 21.3 Å². The van der Waals surface area contributed by atoms with Crippen molar-refractivity contribution in [2.24, 2.45) is 5.92 Å². The quantitative estimate of drug-likeness (QED) is 0.431. The molecular formula is C21H34F3NOSSi. The fraction of sp³-hybridized carbons (Fsp3) is 0.714. The summed E-state index contributed by atoms with van der Waals surface area (Å²) in [5.74, 6) is 2.41. The summed E-state index contributed by atoms with van der Waals surface area (Å²) in [6.45, 7) is 11.0. The number of hydrogen-bond acceptors (Lipinski definition) is 3. The molecule has 1 N–H and O–H groups in total. The van der Waals surface area contributed by atoms with Gasteiger partial charge in [0.1, 0.15) is 6.04 Å². The summed E-state index contributed by atoms with van der Waals surface area (Å²) in [5, 5.41) is 2.91. The van der Waals surface area contributed by atoms with E-state index in [-0.39, 0.29) is 16.6 Å². The van der Waals surface area contributed by atoms with Crippen LogP contribution in [0.1, 0.15) is 45.2 Å². The number of thioether (sulfide) groups is 1. The van der Waals surface area contributed by atoms with Gasteiger partial charge in [0.2, 0.25) is 0 Å². The van der Waals surface area contributed by atoms with Crippen LogP contribution in [0, 0.1) is 5.92 Å². The maximum Gasteiger partial charge on any atom is 0.407 e. The van der Waals surface area contributed by atoms with Crippen molar-refractivity contribution in [2.45, 2.75) is 70.0 Å². The van der Waals surface area contributed by atoms with Gasteiger partial charge in [-0.15, -0.1) is 0 Å². The van der Waals surface area contributed by atoms with Gasteiger partial charge in [0, 0.05) is 11.8 Å². The SMILES string of the molecule is CC(C)(C)[Si](C)(C)OCC(CSCC1CC1)N[C@H](c1ccccc1)C(F)(F)F. The van der Waals surface area contributed by atoms with Crippen LogP contribution in [0.25, 0.3) is 0 Å². The van der Waals surface area contributed by atoms with E-state index in [1.807, 2.05) is 0 Å². The van der Waals surface area contributed by atoms with Crippen molar-refractivity contribution < 1.29 is 17.6 Å². The van der Waals surface area contributed by atoms with Crippen LogP contribution < -0.4 is 5.32 Å². The fourth-order valence-corrected chi connectivity index (χ4v) is 4.92. The van der Waals surface area contributed by atoms with Crippen LogP contribution in [0.3, 0.4) is 0 Å².